The molecule has 3 aromatic carbocycles. The maximum absolute atomic E-state index is 14.4. The van der Waals surface area contributed by atoms with E-state index in [4.69, 9.17) is 0 Å². The fourth-order valence-electron chi connectivity index (χ4n) is 2.80. The molecule has 0 atom stereocenters. The summed E-state index contributed by atoms with van der Waals surface area (Å²) in [5.41, 5.74) is 1.76. The number of unbranched alkanes of at least 4 members (excludes halogenated alkanes) is 1. The topological polar surface area (TPSA) is 0 Å². The lowest BCUT2D eigenvalue weighted by atomic mass is 9.98. The van der Waals surface area contributed by atoms with Gasteiger partial charge in [0.05, 0.1) is 0 Å². The van der Waals surface area contributed by atoms with Crippen LogP contribution in [0, 0.1) is 23.3 Å². The Morgan fingerprint density at radius 3 is 2.29 bits per heavy atom. The molecule has 0 saturated carbocycles. The Balaban J connectivity index is 2.05. The fourth-order valence-corrected chi connectivity index (χ4v) is 2.80. The third kappa shape index (κ3) is 3.01. The quantitative estimate of drug-likeness (QED) is 0.383. The summed E-state index contributed by atoms with van der Waals surface area (Å²) >= 11 is 0. The molecule has 0 N–H and O–H groups in total. The van der Waals surface area contributed by atoms with Crippen LogP contribution in [-0.2, 0) is 6.42 Å². The molecule has 3 aromatic rings. The van der Waals surface area contributed by atoms with E-state index in [2.05, 4.69) is 6.92 Å². The highest BCUT2D eigenvalue weighted by Crippen LogP contribution is 2.30. The summed E-state index contributed by atoms with van der Waals surface area (Å²) in [6.07, 6.45) is 2.82. The first-order valence-corrected chi connectivity index (χ1v) is 7.87. The first-order chi connectivity index (χ1) is 11.5. The molecule has 0 amide bonds. The molecule has 0 spiro atoms. The van der Waals surface area contributed by atoms with Crippen LogP contribution in [0.1, 0.15) is 25.3 Å². The molecule has 0 aliphatic carbocycles. The zero-order valence-corrected chi connectivity index (χ0v) is 13.2. The van der Waals surface area contributed by atoms with E-state index < -0.39 is 17.5 Å². The molecule has 0 heterocycles. The Kier molecular flexibility index (Phi) is 4.56. The van der Waals surface area contributed by atoms with Crippen molar-refractivity contribution in [3.05, 3.63) is 71.3 Å². The summed E-state index contributed by atoms with van der Waals surface area (Å²) in [5, 5.41) is 0.163. The molecule has 3 rings (SSSR count). The third-order valence-electron chi connectivity index (χ3n) is 4.14. The smallest absolute Gasteiger partial charge is 0.195 e. The molecule has 0 bridgehead atoms. The first-order valence-electron chi connectivity index (χ1n) is 7.87. The van der Waals surface area contributed by atoms with Crippen molar-refractivity contribution in [1.82, 2.24) is 0 Å². The number of hydrogen-bond acceptors (Lipinski definition) is 0. The Bertz CT molecular complexity index is 900. The molecule has 0 nitrogen and oxygen atoms in total. The molecule has 0 unspecified atom stereocenters. The molecular formula is C20H16F4. The van der Waals surface area contributed by atoms with Crippen LogP contribution >= 0.6 is 0 Å². The molecule has 0 saturated heterocycles. The second-order valence-electron chi connectivity index (χ2n) is 5.84. The van der Waals surface area contributed by atoms with Gasteiger partial charge in [-0.3, -0.25) is 0 Å². The van der Waals surface area contributed by atoms with Crippen LogP contribution in [-0.4, -0.2) is 0 Å². The van der Waals surface area contributed by atoms with Crippen LogP contribution in [0.4, 0.5) is 17.6 Å². The van der Waals surface area contributed by atoms with Crippen LogP contribution in [0.3, 0.4) is 0 Å². The second-order valence-corrected chi connectivity index (χ2v) is 5.84. The number of aryl methyl sites for hydroxylation is 1. The van der Waals surface area contributed by atoms with Crippen molar-refractivity contribution < 1.29 is 17.6 Å². The van der Waals surface area contributed by atoms with Crippen LogP contribution < -0.4 is 0 Å². The van der Waals surface area contributed by atoms with Crippen molar-refractivity contribution in [1.29, 1.82) is 0 Å². The van der Waals surface area contributed by atoms with Gasteiger partial charge in [0.1, 0.15) is 5.82 Å². The van der Waals surface area contributed by atoms with E-state index in [0.29, 0.717) is 11.1 Å². The van der Waals surface area contributed by atoms with Crippen molar-refractivity contribution >= 4 is 10.8 Å². The molecule has 4 heteroatoms. The highest BCUT2D eigenvalue weighted by molar-refractivity contribution is 5.88. The minimum absolute atomic E-state index is 0.0300. The Labute approximate surface area is 137 Å². The Morgan fingerprint density at radius 1 is 0.792 bits per heavy atom. The average Bonchev–Trinajstić information content (AvgIpc) is 2.57. The lowest BCUT2D eigenvalue weighted by Gasteiger charge is -2.09. The molecule has 24 heavy (non-hydrogen) atoms. The van der Waals surface area contributed by atoms with Crippen molar-refractivity contribution in [2.75, 3.05) is 0 Å². The van der Waals surface area contributed by atoms with Crippen molar-refractivity contribution in [3.8, 4) is 11.1 Å². The highest BCUT2D eigenvalue weighted by Gasteiger charge is 2.14. The zero-order valence-electron chi connectivity index (χ0n) is 13.2. The van der Waals surface area contributed by atoms with Gasteiger partial charge in [-0.1, -0.05) is 37.6 Å². The van der Waals surface area contributed by atoms with Crippen LogP contribution in [0.25, 0.3) is 21.9 Å². The van der Waals surface area contributed by atoms with Gasteiger partial charge >= 0.3 is 0 Å². The predicted octanol–water partition coefficient (Wildman–Crippen LogP) is 6.41. The van der Waals surface area contributed by atoms with Gasteiger partial charge in [0, 0.05) is 10.9 Å². The number of halogens is 4. The average molecular weight is 332 g/mol. The van der Waals surface area contributed by atoms with Gasteiger partial charge < -0.3 is 0 Å². The van der Waals surface area contributed by atoms with E-state index in [1.807, 2.05) is 6.07 Å². The largest absolute Gasteiger partial charge is 0.206 e. The lowest BCUT2D eigenvalue weighted by Crippen LogP contribution is -1.93. The van der Waals surface area contributed by atoms with Crippen molar-refractivity contribution in [3.63, 3.8) is 0 Å². The summed E-state index contributed by atoms with van der Waals surface area (Å²) in [6, 6.07) is 10.2. The van der Waals surface area contributed by atoms with E-state index in [1.54, 1.807) is 6.07 Å². The summed E-state index contributed by atoms with van der Waals surface area (Å²) in [4.78, 5) is 0. The van der Waals surface area contributed by atoms with E-state index >= 15 is 0 Å². The molecule has 0 aliphatic heterocycles. The normalized spacial score (nSPS) is 11.2. The van der Waals surface area contributed by atoms with E-state index in [0.717, 1.165) is 30.9 Å². The number of fused-ring (bicyclic) bond motifs is 1. The van der Waals surface area contributed by atoms with Gasteiger partial charge in [0.2, 0.25) is 0 Å². The SMILES string of the molecule is CCCCc1ccc(-c2ccc3c(F)c(F)c(F)cc3c2)c(F)c1. The fraction of sp³-hybridized carbons (Fsp3) is 0.200. The maximum atomic E-state index is 14.4. The Hall–Kier alpha value is -2.36. The molecule has 0 radical (unpaired) electrons. The van der Waals surface area contributed by atoms with Gasteiger partial charge in [-0.05, 0) is 47.6 Å². The van der Waals surface area contributed by atoms with E-state index in [9.17, 15) is 17.6 Å². The van der Waals surface area contributed by atoms with E-state index in [-0.39, 0.29) is 16.6 Å². The van der Waals surface area contributed by atoms with Gasteiger partial charge in [0.25, 0.3) is 0 Å². The molecule has 0 aliphatic rings. The van der Waals surface area contributed by atoms with Crippen molar-refractivity contribution in [2.24, 2.45) is 0 Å². The molecule has 124 valence electrons. The van der Waals surface area contributed by atoms with Crippen molar-refractivity contribution in [2.45, 2.75) is 26.2 Å². The zero-order chi connectivity index (χ0) is 17.3. The van der Waals surface area contributed by atoms with Gasteiger partial charge in [0.15, 0.2) is 17.5 Å². The third-order valence-corrected chi connectivity index (χ3v) is 4.14. The number of hydrogen-bond donors (Lipinski definition) is 0. The first kappa shape index (κ1) is 16.5. The highest BCUT2D eigenvalue weighted by atomic mass is 19.2. The van der Waals surface area contributed by atoms with Gasteiger partial charge in [-0.2, -0.15) is 0 Å². The molecular weight excluding hydrogens is 316 g/mol. The second kappa shape index (κ2) is 6.63. The molecule has 0 fully saturated rings. The van der Waals surface area contributed by atoms with Crippen LogP contribution in [0.2, 0.25) is 0 Å². The Morgan fingerprint density at radius 2 is 1.58 bits per heavy atom. The molecule has 0 aromatic heterocycles. The monoisotopic (exact) mass is 332 g/mol. The summed E-state index contributed by atoms with van der Waals surface area (Å²) in [7, 11) is 0. The summed E-state index contributed by atoms with van der Waals surface area (Å²) in [6.45, 7) is 2.07. The lowest BCUT2D eigenvalue weighted by molar-refractivity contribution is 0.453. The summed E-state index contributed by atoms with van der Waals surface area (Å²) in [5.74, 6) is -4.37. The predicted molar refractivity (Wildman–Crippen MR) is 87.8 cm³/mol. The standard InChI is InChI=1S/C20H16F4/c1-2-3-4-12-5-7-15(17(21)9-12)13-6-8-16-14(10-13)11-18(22)20(24)19(16)23/h5-11H,2-4H2,1H3. The van der Waals surface area contributed by atoms with Crippen LogP contribution in [0.5, 0.6) is 0 Å². The number of benzene rings is 3. The maximum Gasteiger partial charge on any atom is 0.195 e. The van der Waals surface area contributed by atoms with Gasteiger partial charge in [-0.25, -0.2) is 17.6 Å². The summed E-state index contributed by atoms with van der Waals surface area (Å²) < 4.78 is 54.8. The van der Waals surface area contributed by atoms with Crippen LogP contribution in [0.15, 0.2) is 42.5 Å². The number of rotatable bonds is 4. The minimum atomic E-state index is -1.50. The minimum Gasteiger partial charge on any atom is -0.206 e. The van der Waals surface area contributed by atoms with E-state index in [1.165, 1.54) is 24.3 Å². The van der Waals surface area contributed by atoms with Gasteiger partial charge in [-0.15, -0.1) is 0 Å².